The van der Waals surface area contributed by atoms with E-state index >= 15 is 0 Å². The molecule has 7 heteroatoms. The van der Waals surface area contributed by atoms with E-state index < -0.39 is 17.9 Å². The molecule has 0 bridgehead atoms. The van der Waals surface area contributed by atoms with E-state index in [4.69, 9.17) is 5.11 Å². The van der Waals surface area contributed by atoms with Gasteiger partial charge in [0.1, 0.15) is 6.04 Å². The van der Waals surface area contributed by atoms with Gasteiger partial charge >= 0.3 is 5.97 Å². The SMILES string of the molecule is CC(C)C[C@H](NC(=O)c1cn(-c2ccccc2)nn1)C(=O)O. The van der Waals surface area contributed by atoms with Crippen molar-refractivity contribution in [3.63, 3.8) is 0 Å². The van der Waals surface area contributed by atoms with Gasteiger partial charge in [-0.2, -0.15) is 0 Å². The highest BCUT2D eigenvalue weighted by atomic mass is 16.4. The van der Waals surface area contributed by atoms with Crippen LogP contribution in [0.3, 0.4) is 0 Å². The molecule has 1 heterocycles. The number of nitrogens with one attached hydrogen (secondary N) is 1. The standard InChI is InChI=1S/C15H18N4O3/c1-10(2)8-12(15(21)22)16-14(20)13-9-19(18-17-13)11-6-4-3-5-7-11/h3-7,9-10,12H,8H2,1-2H3,(H,16,20)(H,21,22)/t12-/m0/s1. The Hall–Kier alpha value is -2.70. The zero-order chi connectivity index (χ0) is 16.1. The van der Waals surface area contributed by atoms with Gasteiger partial charge in [0.05, 0.1) is 11.9 Å². The fraction of sp³-hybridized carbons (Fsp3) is 0.333. The second-order valence-electron chi connectivity index (χ2n) is 5.38. The second kappa shape index (κ2) is 6.84. The molecule has 116 valence electrons. The number of carboxylic acid groups (broad SMARTS) is 1. The van der Waals surface area contributed by atoms with Gasteiger partial charge in [0.2, 0.25) is 0 Å². The van der Waals surface area contributed by atoms with Gasteiger partial charge in [0, 0.05) is 0 Å². The molecule has 1 atom stereocenters. The monoisotopic (exact) mass is 302 g/mol. The van der Waals surface area contributed by atoms with Gasteiger partial charge in [-0.05, 0) is 24.5 Å². The Morgan fingerprint density at radius 1 is 1.27 bits per heavy atom. The lowest BCUT2D eigenvalue weighted by Crippen LogP contribution is -2.41. The number of rotatable bonds is 6. The van der Waals surface area contributed by atoms with E-state index in [-0.39, 0.29) is 11.6 Å². The van der Waals surface area contributed by atoms with Gasteiger partial charge in [-0.1, -0.05) is 37.3 Å². The number of hydrogen-bond acceptors (Lipinski definition) is 4. The largest absolute Gasteiger partial charge is 0.480 e. The lowest BCUT2D eigenvalue weighted by molar-refractivity contribution is -0.139. The van der Waals surface area contributed by atoms with Crippen molar-refractivity contribution in [2.75, 3.05) is 0 Å². The summed E-state index contributed by atoms with van der Waals surface area (Å²) in [6.07, 6.45) is 1.83. The lowest BCUT2D eigenvalue weighted by atomic mass is 10.0. The van der Waals surface area contributed by atoms with Crippen LogP contribution in [-0.2, 0) is 4.79 Å². The first-order valence-corrected chi connectivity index (χ1v) is 6.99. The minimum Gasteiger partial charge on any atom is -0.480 e. The van der Waals surface area contributed by atoms with E-state index in [1.165, 1.54) is 10.9 Å². The molecule has 1 aromatic carbocycles. The molecule has 2 rings (SSSR count). The minimum atomic E-state index is -1.06. The normalized spacial score (nSPS) is 12.1. The number of nitrogens with zero attached hydrogens (tertiary/aromatic N) is 3. The Balaban J connectivity index is 2.10. The molecule has 0 radical (unpaired) electrons. The van der Waals surface area contributed by atoms with E-state index in [0.717, 1.165) is 5.69 Å². The van der Waals surface area contributed by atoms with Crippen molar-refractivity contribution >= 4 is 11.9 Å². The Morgan fingerprint density at radius 2 is 1.95 bits per heavy atom. The molecular weight excluding hydrogens is 284 g/mol. The van der Waals surface area contributed by atoms with Crippen LogP contribution in [0.4, 0.5) is 0 Å². The third-order valence-electron chi connectivity index (χ3n) is 3.06. The number of amides is 1. The van der Waals surface area contributed by atoms with Gasteiger partial charge in [-0.25, -0.2) is 9.48 Å². The average molecular weight is 302 g/mol. The fourth-order valence-corrected chi connectivity index (χ4v) is 2.00. The van der Waals surface area contributed by atoms with Crippen molar-refractivity contribution in [2.45, 2.75) is 26.3 Å². The minimum absolute atomic E-state index is 0.0823. The Kier molecular flexibility index (Phi) is 4.88. The molecule has 1 amide bonds. The molecule has 0 aliphatic heterocycles. The molecule has 0 unspecified atom stereocenters. The van der Waals surface area contributed by atoms with E-state index in [0.29, 0.717) is 6.42 Å². The van der Waals surface area contributed by atoms with Gasteiger partial charge in [0.25, 0.3) is 5.91 Å². The van der Waals surface area contributed by atoms with E-state index in [1.807, 2.05) is 44.2 Å². The average Bonchev–Trinajstić information content (AvgIpc) is 2.96. The Morgan fingerprint density at radius 3 is 2.55 bits per heavy atom. The van der Waals surface area contributed by atoms with Crippen LogP contribution in [0, 0.1) is 5.92 Å². The third-order valence-corrected chi connectivity index (χ3v) is 3.06. The van der Waals surface area contributed by atoms with Crippen LogP contribution in [0.25, 0.3) is 5.69 Å². The smallest absolute Gasteiger partial charge is 0.326 e. The molecule has 0 saturated heterocycles. The van der Waals surface area contributed by atoms with Crippen LogP contribution in [0.1, 0.15) is 30.8 Å². The Bertz CT molecular complexity index is 652. The number of carboxylic acids is 1. The van der Waals surface area contributed by atoms with Crippen LogP contribution < -0.4 is 5.32 Å². The molecule has 7 nitrogen and oxygen atoms in total. The maximum Gasteiger partial charge on any atom is 0.326 e. The number of para-hydroxylation sites is 1. The molecule has 0 saturated carbocycles. The van der Waals surface area contributed by atoms with Crippen LogP contribution in [0.5, 0.6) is 0 Å². The maximum atomic E-state index is 12.1. The zero-order valence-corrected chi connectivity index (χ0v) is 12.4. The third kappa shape index (κ3) is 3.91. The van der Waals surface area contributed by atoms with Gasteiger partial charge in [0.15, 0.2) is 5.69 Å². The van der Waals surface area contributed by atoms with Gasteiger partial charge in [-0.15, -0.1) is 5.10 Å². The van der Waals surface area contributed by atoms with Crippen molar-refractivity contribution < 1.29 is 14.7 Å². The molecule has 1 aromatic heterocycles. The summed E-state index contributed by atoms with van der Waals surface area (Å²) in [6, 6.07) is 8.29. The summed E-state index contributed by atoms with van der Waals surface area (Å²) in [5.41, 5.74) is 0.852. The number of aliphatic carboxylic acids is 1. The van der Waals surface area contributed by atoms with Crippen molar-refractivity contribution in [3.05, 3.63) is 42.2 Å². The molecule has 2 aromatic rings. The summed E-state index contributed by atoms with van der Waals surface area (Å²) in [6.45, 7) is 3.79. The van der Waals surface area contributed by atoms with Crippen molar-refractivity contribution in [1.82, 2.24) is 20.3 Å². The van der Waals surface area contributed by atoms with E-state index in [9.17, 15) is 9.59 Å². The number of carbonyl (C=O) groups excluding carboxylic acids is 1. The van der Waals surface area contributed by atoms with Crippen LogP contribution in [0.15, 0.2) is 36.5 Å². The molecular formula is C15H18N4O3. The number of hydrogen-bond donors (Lipinski definition) is 2. The predicted octanol–water partition coefficient (Wildman–Crippen LogP) is 1.50. The number of aromatic nitrogens is 3. The zero-order valence-electron chi connectivity index (χ0n) is 12.4. The summed E-state index contributed by atoms with van der Waals surface area (Å²) in [7, 11) is 0. The molecule has 0 spiro atoms. The molecule has 0 fully saturated rings. The van der Waals surface area contributed by atoms with Crippen molar-refractivity contribution in [2.24, 2.45) is 5.92 Å². The van der Waals surface area contributed by atoms with Gasteiger partial charge in [-0.3, -0.25) is 4.79 Å². The number of carbonyl (C=O) groups is 2. The first-order chi connectivity index (χ1) is 10.5. The predicted molar refractivity (Wildman–Crippen MR) is 79.7 cm³/mol. The highest BCUT2D eigenvalue weighted by Gasteiger charge is 2.23. The molecule has 22 heavy (non-hydrogen) atoms. The summed E-state index contributed by atoms with van der Waals surface area (Å²) in [5, 5.41) is 19.3. The number of benzene rings is 1. The van der Waals surface area contributed by atoms with Crippen molar-refractivity contribution in [3.8, 4) is 5.69 Å². The summed E-state index contributed by atoms with van der Waals surface area (Å²) >= 11 is 0. The first kappa shape index (κ1) is 15.7. The Labute approximate surface area is 128 Å². The van der Waals surface area contributed by atoms with E-state index in [1.54, 1.807) is 0 Å². The fourth-order valence-electron chi connectivity index (χ4n) is 2.00. The highest BCUT2D eigenvalue weighted by molar-refractivity contribution is 5.94. The summed E-state index contributed by atoms with van der Waals surface area (Å²) in [4.78, 5) is 23.3. The maximum absolute atomic E-state index is 12.1. The lowest BCUT2D eigenvalue weighted by Gasteiger charge is -2.15. The molecule has 2 N–H and O–H groups in total. The van der Waals surface area contributed by atoms with Crippen LogP contribution in [0.2, 0.25) is 0 Å². The second-order valence-corrected chi connectivity index (χ2v) is 5.38. The first-order valence-electron chi connectivity index (χ1n) is 6.99. The summed E-state index contributed by atoms with van der Waals surface area (Å²) in [5.74, 6) is -1.45. The van der Waals surface area contributed by atoms with Crippen molar-refractivity contribution in [1.29, 1.82) is 0 Å². The highest BCUT2D eigenvalue weighted by Crippen LogP contribution is 2.08. The van der Waals surface area contributed by atoms with Crippen LogP contribution in [-0.4, -0.2) is 38.0 Å². The molecule has 0 aliphatic carbocycles. The van der Waals surface area contributed by atoms with Gasteiger partial charge < -0.3 is 10.4 Å². The quantitative estimate of drug-likeness (QED) is 0.842. The topological polar surface area (TPSA) is 97.1 Å². The van der Waals surface area contributed by atoms with Crippen LogP contribution >= 0.6 is 0 Å². The molecule has 0 aliphatic rings. The summed E-state index contributed by atoms with van der Waals surface area (Å²) < 4.78 is 1.47. The van der Waals surface area contributed by atoms with E-state index in [2.05, 4.69) is 15.6 Å².